The van der Waals surface area contributed by atoms with Crippen LogP contribution in [0.2, 0.25) is 0 Å². The molecule has 0 amide bonds. The number of allylic oxidation sites excluding steroid dienone is 1. The first-order valence-corrected chi connectivity index (χ1v) is 5.62. The molecule has 0 aliphatic carbocycles. The van der Waals surface area contributed by atoms with E-state index in [2.05, 4.69) is 33.4 Å². The second-order valence-electron chi connectivity index (χ2n) is 3.09. The molecule has 1 aromatic rings. The van der Waals surface area contributed by atoms with Crippen molar-refractivity contribution in [3.63, 3.8) is 0 Å². The number of benzene rings is 1. The van der Waals surface area contributed by atoms with Gasteiger partial charge in [0.05, 0.1) is 5.56 Å². The minimum absolute atomic E-state index is 0.661. The molecule has 15 heavy (non-hydrogen) atoms. The van der Waals surface area contributed by atoms with Gasteiger partial charge < -0.3 is 5.32 Å². The van der Waals surface area contributed by atoms with Crippen LogP contribution in [0.25, 0.3) is 0 Å². The molecule has 0 saturated carbocycles. The van der Waals surface area contributed by atoms with Gasteiger partial charge in [-0.2, -0.15) is 5.26 Å². The van der Waals surface area contributed by atoms with Gasteiger partial charge in [0.15, 0.2) is 0 Å². The Morgan fingerprint density at radius 1 is 1.53 bits per heavy atom. The van der Waals surface area contributed by atoms with Gasteiger partial charge in [0.2, 0.25) is 0 Å². The molecule has 3 heteroatoms. The molecule has 1 rings (SSSR count). The highest BCUT2D eigenvalue weighted by molar-refractivity contribution is 9.10. The number of rotatable bonds is 4. The highest BCUT2D eigenvalue weighted by Crippen LogP contribution is 2.20. The smallest absolute Gasteiger partial charge is 0.100 e. The van der Waals surface area contributed by atoms with Crippen molar-refractivity contribution in [3.05, 3.63) is 40.4 Å². The van der Waals surface area contributed by atoms with E-state index >= 15 is 0 Å². The van der Waals surface area contributed by atoms with Gasteiger partial charge in [0.1, 0.15) is 6.07 Å². The molecular weight excluding hydrogens is 252 g/mol. The number of hydrogen-bond acceptors (Lipinski definition) is 2. The maximum Gasteiger partial charge on any atom is 0.100 e. The fraction of sp³-hybridized carbons (Fsp3) is 0.250. The first-order chi connectivity index (χ1) is 7.27. The SMILES string of the molecule is C/C=C/CCNc1ccc(C#N)c(Br)c1. The quantitative estimate of drug-likeness (QED) is 0.665. The molecule has 1 aromatic carbocycles. The van der Waals surface area contributed by atoms with Crippen LogP contribution in [0.4, 0.5) is 5.69 Å². The fourth-order valence-electron chi connectivity index (χ4n) is 1.18. The Morgan fingerprint density at radius 2 is 2.33 bits per heavy atom. The predicted molar refractivity (Wildman–Crippen MR) is 66.8 cm³/mol. The summed E-state index contributed by atoms with van der Waals surface area (Å²) in [5.41, 5.74) is 1.69. The summed E-state index contributed by atoms with van der Waals surface area (Å²) in [5, 5.41) is 12.0. The summed E-state index contributed by atoms with van der Waals surface area (Å²) < 4.78 is 0.834. The van der Waals surface area contributed by atoms with E-state index in [0.29, 0.717) is 5.56 Å². The second-order valence-corrected chi connectivity index (χ2v) is 3.95. The number of nitrogens with one attached hydrogen (secondary N) is 1. The Kier molecular flexibility index (Phi) is 4.92. The molecular formula is C12H13BrN2. The lowest BCUT2D eigenvalue weighted by molar-refractivity contribution is 1.06. The van der Waals surface area contributed by atoms with Crippen LogP contribution in [0.1, 0.15) is 18.9 Å². The molecule has 78 valence electrons. The molecule has 0 heterocycles. The molecule has 0 radical (unpaired) electrons. The summed E-state index contributed by atoms with van der Waals surface area (Å²) >= 11 is 3.35. The topological polar surface area (TPSA) is 35.8 Å². The molecule has 0 aromatic heterocycles. The summed E-state index contributed by atoms with van der Waals surface area (Å²) in [6.07, 6.45) is 5.16. The number of nitriles is 1. The molecule has 0 saturated heterocycles. The molecule has 0 spiro atoms. The highest BCUT2D eigenvalue weighted by Gasteiger charge is 1.99. The minimum atomic E-state index is 0.661. The van der Waals surface area contributed by atoms with Gasteiger partial charge in [-0.25, -0.2) is 0 Å². The monoisotopic (exact) mass is 264 g/mol. The molecule has 0 aliphatic rings. The van der Waals surface area contributed by atoms with E-state index in [4.69, 9.17) is 5.26 Å². The van der Waals surface area contributed by atoms with Crippen LogP contribution in [0.15, 0.2) is 34.8 Å². The van der Waals surface area contributed by atoms with Gasteiger partial charge >= 0.3 is 0 Å². The van der Waals surface area contributed by atoms with Crippen LogP contribution >= 0.6 is 15.9 Å². The predicted octanol–water partition coefficient (Wildman–Crippen LogP) is 3.70. The van der Waals surface area contributed by atoms with Crippen LogP contribution in [-0.2, 0) is 0 Å². The Balaban J connectivity index is 2.57. The molecule has 0 unspecified atom stereocenters. The average Bonchev–Trinajstić information content (AvgIpc) is 2.25. The van der Waals surface area contributed by atoms with Gasteiger partial charge in [-0.3, -0.25) is 0 Å². The van der Waals surface area contributed by atoms with E-state index < -0.39 is 0 Å². The van der Waals surface area contributed by atoms with Gasteiger partial charge in [-0.05, 0) is 47.5 Å². The van der Waals surface area contributed by atoms with Crippen LogP contribution in [0.5, 0.6) is 0 Å². The molecule has 0 atom stereocenters. The minimum Gasteiger partial charge on any atom is -0.385 e. The highest BCUT2D eigenvalue weighted by atomic mass is 79.9. The first kappa shape index (κ1) is 11.8. The number of hydrogen-bond donors (Lipinski definition) is 1. The average molecular weight is 265 g/mol. The summed E-state index contributed by atoms with van der Waals surface area (Å²) in [6.45, 7) is 2.92. The maximum absolute atomic E-state index is 8.75. The largest absolute Gasteiger partial charge is 0.385 e. The number of anilines is 1. The van der Waals surface area contributed by atoms with Gasteiger partial charge in [-0.1, -0.05) is 12.2 Å². The van der Waals surface area contributed by atoms with Crippen LogP contribution in [0.3, 0.4) is 0 Å². The molecule has 2 nitrogen and oxygen atoms in total. The van der Waals surface area contributed by atoms with Crippen LogP contribution in [0, 0.1) is 11.3 Å². The van der Waals surface area contributed by atoms with Crippen molar-refractivity contribution in [2.75, 3.05) is 11.9 Å². The van der Waals surface area contributed by atoms with E-state index in [9.17, 15) is 0 Å². The lowest BCUT2D eigenvalue weighted by Gasteiger charge is -2.05. The van der Waals surface area contributed by atoms with Crippen molar-refractivity contribution in [2.45, 2.75) is 13.3 Å². The lowest BCUT2D eigenvalue weighted by Crippen LogP contribution is -2.00. The number of halogens is 1. The third kappa shape index (κ3) is 3.77. The van der Waals surface area contributed by atoms with Crippen LogP contribution < -0.4 is 5.32 Å². The van der Waals surface area contributed by atoms with Crippen molar-refractivity contribution in [1.82, 2.24) is 0 Å². The third-order valence-electron chi connectivity index (χ3n) is 1.97. The zero-order valence-electron chi connectivity index (χ0n) is 8.63. The van der Waals surface area contributed by atoms with Gasteiger partial charge in [-0.15, -0.1) is 0 Å². The van der Waals surface area contributed by atoms with Crippen molar-refractivity contribution >= 4 is 21.6 Å². The normalized spacial score (nSPS) is 10.2. The van der Waals surface area contributed by atoms with Crippen molar-refractivity contribution < 1.29 is 0 Å². The van der Waals surface area contributed by atoms with Crippen molar-refractivity contribution in [2.24, 2.45) is 0 Å². The Morgan fingerprint density at radius 3 is 2.93 bits per heavy atom. The summed E-state index contributed by atoms with van der Waals surface area (Å²) in [6, 6.07) is 7.76. The maximum atomic E-state index is 8.75. The summed E-state index contributed by atoms with van der Waals surface area (Å²) in [4.78, 5) is 0. The third-order valence-corrected chi connectivity index (χ3v) is 2.62. The Hall–Kier alpha value is -1.27. The zero-order chi connectivity index (χ0) is 11.1. The van der Waals surface area contributed by atoms with E-state index in [1.165, 1.54) is 0 Å². The lowest BCUT2D eigenvalue weighted by atomic mass is 10.2. The first-order valence-electron chi connectivity index (χ1n) is 4.82. The van der Waals surface area contributed by atoms with Crippen molar-refractivity contribution in [3.8, 4) is 6.07 Å². The summed E-state index contributed by atoms with van der Waals surface area (Å²) in [5.74, 6) is 0. The number of nitrogens with zero attached hydrogens (tertiary/aromatic N) is 1. The zero-order valence-corrected chi connectivity index (χ0v) is 10.2. The second kappa shape index (κ2) is 6.26. The van der Waals surface area contributed by atoms with E-state index in [1.54, 1.807) is 0 Å². The van der Waals surface area contributed by atoms with Crippen molar-refractivity contribution in [1.29, 1.82) is 5.26 Å². The Labute approximate surface area is 98.7 Å². The summed E-state index contributed by atoms with van der Waals surface area (Å²) in [7, 11) is 0. The fourth-order valence-corrected chi connectivity index (χ4v) is 1.65. The van der Waals surface area contributed by atoms with E-state index in [0.717, 1.165) is 23.1 Å². The van der Waals surface area contributed by atoms with Gasteiger partial charge in [0, 0.05) is 16.7 Å². The molecule has 0 fully saturated rings. The van der Waals surface area contributed by atoms with E-state index in [-0.39, 0.29) is 0 Å². The Bertz CT molecular complexity index is 391. The van der Waals surface area contributed by atoms with Crippen LogP contribution in [-0.4, -0.2) is 6.54 Å². The van der Waals surface area contributed by atoms with Gasteiger partial charge in [0.25, 0.3) is 0 Å². The molecule has 0 aliphatic heterocycles. The standard InChI is InChI=1S/C12H13BrN2/c1-2-3-4-7-15-11-6-5-10(9-14)12(13)8-11/h2-3,5-6,8,15H,4,7H2,1H3/b3-2+. The molecule has 0 bridgehead atoms. The molecule has 1 N–H and O–H groups in total. The van der Waals surface area contributed by atoms with E-state index in [1.807, 2.05) is 31.2 Å².